The number of rotatable bonds is 4. The van der Waals surface area contributed by atoms with E-state index in [0.29, 0.717) is 5.15 Å². The normalized spacial score (nSPS) is 12.4. The van der Waals surface area contributed by atoms with Crippen molar-refractivity contribution in [2.75, 3.05) is 0 Å². The number of hydrogen-bond donors (Lipinski definition) is 2. The fraction of sp³-hybridized carbons (Fsp3) is 0.267. The van der Waals surface area contributed by atoms with Crippen molar-refractivity contribution >= 4 is 11.6 Å². The van der Waals surface area contributed by atoms with E-state index in [-0.39, 0.29) is 6.04 Å². The van der Waals surface area contributed by atoms with Crippen LogP contribution in [0.2, 0.25) is 5.15 Å². The van der Waals surface area contributed by atoms with E-state index in [2.05, 4.69) is 42.5 Å². The van der Waals surface area contributed by atoms with Gasteiger partial charge in [0.25, 0.3) is 0 Å². The fourth-order valence-electron chi connectivity index (χ4n) is 2.07. The van der Waals surface area contributed by atoms with Gasteiger partial charge in [-0.25, -0.2) is 4.98 Å². The van der Waals surface area contributed by atoms with Crippen LogP contribution in [-0.2, 0) is 6.42 Å². The number of nitrogens with two attached hydrogens (primary N) is 1. The number of hydrazine groups is 1. The lowest BCUT2D eigenvalue weighted by molar-refractivity contribution is 0.551. The Kier molecular flexibility index (Phi) is 4.53. The van der Waals surface area contributed by atoms with E-state index in [1.807, 2.05) is 12.1 Å². The molecule has 1 unspecified atom stereocenters. The molecule has 1 aromatic carbocycles. The van der Waals surface area contributed by atoms with Crippen LogP contribution in [0.15, 0.2) is 36.5 Å². The molecule has 0 amide bonds. The van der Waals surface area contributed by atoms with E-state index >= 15 is 0 Å². The van der Waals surface area contributed by atoms with Gasteiger partial charge in [-0.05, 0) is 54.7 Å². The molecule has 0 saturated carbocycles. The summed E-state index contributed by atoms with van der Waals surface area (Å²) in [7, 11) is 0. The second-order valence-corrected chi connectivity index (χ2v) is 5.14. The Morgan fingerprint density at radius 2 is 2.00 bits per heavy atom. The topological polar surface area (TPSA) is 50.9 Å². The summed E-state index contributed by atoms with van der Waals surface area (Å²) in [6.07, 6.45) is 2.51. The smallest absolute Gasteiger partial charge is 0.129 e. The average molecular weight is 276 g/mol. The minimum absolute atomic E-state index is 0.0302. The van der Waals surface area contributed by atoms with E-state index in [1.54, 1.807) is 6.20 Å². The summed E-state index contributed by atoms with van der Waals surface area (Å²) in [5, 5.41) is 0.484. The van der Waals surface area contributed by atoms with Crippen LogP contribution >= 0.6 is 11.6 Å². The molecule has 1 aromatic heterocycles. The maximum atomic E-state index is 5.92. The Bertz CT molecular complexity index is 569. The minimum atomic E-state index is 0.0302. The van der Waals surface area contributed by atoms with Gasteiger partial charge >= 0.3 is 0 Å². The zero-order chi connectivity index (χ0) is 13.8. The number of nitrogens with one attached hydrogen (secondary N) is 1. The Hall–Kier alpha value is -1.42. The van der Waals surface area contributed by atoms with E-state index in [9.17, 15) is 0 Å². The third-order valence-corrected chi connectivity index (χ3v) is 3.57. The average Bonchev–Trinajstić information content (AvgIpc) is 2.40. The first-order valence-electron chi connectivity index (χ1n) is 6.24. The fourth-order valence-corrected chi connectivity index (χ4v) is 2.26. The van der Waals surface area contributed by atoms with Gasteiger partial charge in [0, 0.05) is 6.20 Å². The van der Waals surface area contributed by atoms with Gasteiger partial charge in [0.1, 0.15) is 5.15 Å². The predicted octanol–water partition coefficient (Wildman–Crippen LogP) is 3.10. The number of hydrogen-bond acceptors (Lipinski definition) is 3. The van der Waals surface area contributed by atoms with Gasteiger partial charge in [0.15, 0.2) is 0 Å². The van der Waals surface area contributed by atoms with Gasteiger partial charge in [-0.3, -0.25) is 11.3 Å². The van der Waals surface area contributed by atoms with Gasteiger partial charge < -0.3 is 0 Å². The minimum Gasteiger partial charge on any atom is -0.271 e. The van der Waals surface area contributed by atoms with Crippen LogP contribution in [0, 0.1) is 13.8 Å². The van der Waals surface area contributed by atoms with Crippen molar-refractivity contribution in [2.24, 2.45) is 5.84 Å². The molecule has 0 bridgehead atoms. The molecule has 4 heteroatoms. The summed E-state index contributed by atoms with van der Waals surface area (Å²) < 4.78 is 0. The third-order valence-electron chi connectivity index (χ3n) is 3.37. The first-order chi connectivity index (χ1) is 9.10. The number of nitrogens with zero attached hydrogens (tertiary/aromatic N) is 1. The first kappa shape index (κ1) is 14.0. The summed E-state index contributed by atoms with van der Waals surface area (Å²) in [5.74, 6) is 5.66. The Morgan fingerprint density at radius 1 is 1.21 bits per heavy atom. The molecule has 0 aliphatic carbocycles. The SMILES string of the molecule is Cc1ccc(CC(NN)c2ccnc(Cl)c2)cc1C. The van der Waals surface area contributed by atoms with E-state index in [0.717, 1.165) is 12.0 Å². The summed E-state index contributed by atoms with van der Waals surface area (Å²) in [5.41, 5.74) is 7.72. The monoisotopic (exact) mass is 275 g/mol. The van der Waals surface area contributed by atoms with Crippen molar-refractivity contribution in [2.45, 2.75) is 26.3 Å². The van der Waals surface area contributed by atoms with Crippen LogP contribution in [0.5, 0.6) is 0 Å². The quantitative estimate of drug-likeness (QED) is 0.512. The highest BCUT2D eigenvalue weighted by molar-refractivity contribution is 6.29. The highest BCUT2D eigenvalue weighted by Crippen LogP contribution is 2.21. The number of aryl methyl sites for hydroxylation is 2. The highest BCUT2D eigenvalue weighted by atomic mass is 35.5. The Balaban J connectivity index is 2.21. The molecule has 1 atom stereocenters. The highest BCUT2D eigenvalue weighted by Gasteiger charge is 2.11. The van der Waals surface area contributed by atoms with Gasteiger partial charge in [0.2, 0.25) is 0 Å². The lowest BCUT2D eigenvalue weighted by Crippen LogP contribution is -2.29. The summed E-state index contributed by atoms with van der Waals surface area (Å²) in [6, 6.07) is 10.3. The predicted molar refractivity (Wildman–Crippen MR) is 78.9 cm³/mol. The zero-order valence-corrected chi connectivity index (χ0v) is 11.9. The van der Waals surface area contributed by atoms with Crippen LogP contribution in [0.4, 0.5) is 0 Å². The standard InChI is InChI=1S/C15H18ClN3/c1-10-3-4-12(7-11(10)2)8-14(19-17)13-5-6-18-15(16)9-13/h3-7,9,14,19H,8,17H2,1-2H3. The van der Waals surface area contributed by atoms with Crippen molar-refractivity contribution in [3.63, 3.8) is 0 Å². The lowest BCUT2D eigenvalue weighted by Gasteiger charge is -2.17. The molecule has 19 heavy (non-hydrogen) atoms. The molecule has 0 spiro atoms. The van der Waals surface area contributed by atoms with Crippen LogP contribution in [0.3, 0.4) is 0 Å². The lowest BCUT2D eigenvalue weighted by atomic mass is 9.97. The summed E-state index contributed by atoms with van der Waals surface area (Å²) >= 11 is 5.92. The number of benzene rings is 1. The molecule has 0 radical (unpaired) electrons. The molecule has 3 nitrogen and oxygen atoms in total. The third kappa shape index (κ3) is 3.53. The Morgan fingerprint density at radius 3 is 2.63 bits per heavy atom. The zero-order valence-electron chi connectivity index (χ0n) is 11.2. The van der Waals surface area contributed by atoms with Crippen LogP contribution in [0.25, 0.3) is 0 Å². The van der Waals surface area contributed by atoms with Crippen molar-refractivity contribution in [3.05, 3.63) is 63.9 Å². The van der Waals surface area contributed by atoms with E-state index < -0.39 is 0 Å². The molecule has 0 fully saturated rings. The molecule has 100 valence electrons. The maximum absolute atomic E-state index is 5.92. The van der Waals surface area contributed by atoms with Crippen molar-refractivity contribution < 1.29 is 0 Å². The summed E-state index contributed by atoms with van der Waals surface area (Å²) in [6.45, 7) is 4.23. The van der Waals surface area contributed by atoms with E-state index in [1.165, 1.54) is 16.7 Å². The molecule has 0 aliphatic heterocycles. The Labute approximate surface area is 118 Å². The van der Waals surface area contributed by atoms with Crippen LogP contribution in [-0.4, -0.2) is 4.98 Å². The molecule has 0 saturated heterocycles. The molecule has 1 heterocycles. The second kappa shape index (κ2) is 6.15. The van der Waals surface area contributed by atoms with Gasteiger partial charge in [-0.1, -0.05) is 29.8 Å². The molecule has 2 rings (SSSR count). The van der Waals surface area contributed by atoms with Crippen molar-refractivity contribution in [1.29, 1.82) is 0 Å². The number of halogens is 1. The van der Waals surface area contributed by atoms with Crippen molar-refractivity contribution in [3.8, 4) is 0 Å². The molecule has 3 N–H and O–H groups in total. The van der Waals surface area contributed by atoms with Gasteiger partial charge in [-0.15, -0.1) is 0 Å². The van der Waals surface area contributed by atoms with Crippen LogP contribution in [0.1, 0.15) is 28.3 Å². The molecular formula is C15H18ClN3. The second-order valence-electron chi connectivity index (χ2n) is 4.75. The van der Waals surface area contributed by atoms with E-state index in [4.69, 9.17) is 17.4 Å². The number of pyridine rings is 1. The molecular weight excluding hydrogens is 258 g/mol. The van der Waals surface area contributed by atoms with Crippen LogP contribution < -0.4 is 11.3 Å². The molecule has 0 aliphatic rings. The first-order valence-corrected chi connectivity index (χ1v) is 6.61. The van der Waals surface area contributed by atoms with Gasteiger partial charge in [0.05, 0.1) is 6.04 Å². The number of aromatic nitrogens is 1. The summed E-state index contributed by atoms with van der Waals surface area (Å²) in [4.78, 5) is 3.99. The molecule has 2 aromatic rings. The largest absolute Gasteiger partial charge is 0.271 e. The van der Waals surface area contributed by atoms with Crippen molar-refractivity contribution in [1.82, 2.24) is 10.4 Å². The maximum Gasteiger partial charge on any atom is 0.129 e. The van der Waals surface area contributed by atoms with Gasteiger partial charge in [-0.2, -0.15) is 0 Å².